The molecule has 0 spiro atoms. The predicted molar refractivity (Wildman–Crippen MR) is 74.0 cm³/mol. The van der Waals surface area contributed by atoms with E-state index in [1.54, 1.807) is 6.20 Å². The minimum atomic E-state index is -0.383. The molecule has 0 fully saturated rings. The molecule has 4 nitrogen and oxygen atoms in total. The number of hydrogen-bond acceptors (Lipinski definition) is 3. The fourth-order valence-corrected chi connectivity index (χ4v) is 1.87. The van der Waals surface area contributed by atoms with Gasteiger partial charge in [-0.2, -0.15) is 10.4 Å². The molecular weight excluding hydrogens is 292 g/mol. The lowest BCUT2D eigenvalue weighted by Crippen LogP contribution is -2.07. The van der Waals surface area contributed by atoms with Crippen molar-refractivity contribution in [1.29, 1.82) is 5.26 Å². The van der Waals surface area contributed by atoms with Crippen molar-refractivity contribution in [1.82, 2.24) is 9.78 Å². The summed E-state index contributed by atoms with van der Waals surface area (Å²) in [7, 11) is 0. The van der Waals surface area contributed by atoms with E-state index in [2.05, 4.69) is 32.4 Å². The average Bonchev–Trinajstić information content (AvgIpc) is 2.87. The first-order valence-corrected chi connectivity index (χ1v) is 6.46. The number of halogens is 1. The lowest BCUT2D eigenvalue weighted by Gasteiger charge is -2.11. The molecule has 0 saturated carbocycles. The number of aromatic nitrogens is 2. The second-order valence-corrected chi connectivity index (χ2v) is 4.76. The predicted octanol–water partition coefficient (Wildman–Crippen LogP) is 3.34. The zero-order valence-electron chi connectivity index (χ0n) is 9.97. The molecule has 0 aliphatic heterocycles. The lowest BCUT2D eigenvalue weighted by atomic mass is 10.1. The molecule has 92 valence electrons. The molecule has 0 radical (unpaired) electrons. The molecule has 1 unspecified atom stereocenters. The SMILES string of the molecule is CCn1cc(C(C#N)Nc2ccc(Br)cc2)cn1. The molecule has 0 aliphatic rings. The molecular formula is C13H13BrN4. The standard InChI is InChI=1S/C13H13BrN4/c1-2-18-9-10(8-16-18)13(7-15)17-12-5-3-11(14)4-6-12/h3-6,8-9,13,17H,2H2,1H3. The van der Waals surface area contributed by atoms with Gasteiger partial charge >= 0.3 is 0 Å². The van der Waals surface area contributed by atoms with Gasteiger partial charge in [-0.1, -0.05) is 15.9 Å². The van der Waals surface area contributed by atoms with Crippen LogP contribution in [0.4, 0.5) is 5.69 Å². The van der Waals surface area contributed by atoms with E-state index in [1.165, 1.54) is 0 Å². The van der Waals surface area contributed by atoms with E-state index >= 15 is 0 Å². The van der Waals surface area contributed by atoms with E-state index in [0.29, 0.717) is 0 Å². The lowest BCUT2D eigenvalue weighted by molar-refractivity contribution is 0.659. The van der Waals surface area contributed by atoms with Crippen molar-refractivity contribution in [3.63, 3.8) is 0 Å². The molecule has 0 bridgehead atoms. The summed E-state index contributed by atoms with van der Waals surface area (Å²) in [5, 5.41) is 16.6. The van der Waals surface area contributed by atoms with Gasteiger partial charge in [0.2, 0.25) is 0 Å². The van der Waals surface area contributed by atoms with Crippen LogP contribution in [-0.2, 0) is 6.54 Å². The summed E-state index contributed by atoms with van der Waals surface area (Å²) < 4.78 is 2.82. The minimum absolute atomic E-state index is 0.383. The first-order valence-electron chi connectivity index (χ1n) is 5.67. The molecule has 1 heterocycles. The van der Waals surface area contributed by atoms with Crippen LogP contribution in [0.3, 0.4) is 0 Å². The van der Waals surface area contributed by atoms with Crippen molar-refractivity contribution < 1.29 is 0 Å². The van der Waals surface area contributed by atoms with Crippen LogP contribution < -0.4 is 5.32 Å². The molecule has 0 amide bonds. The van der Waals surface area contributed by atoms with E-state index in [9.17, 15) is 5.26 Å². The highest BCUT2D eigenvalue weighted by Crippen LogP contribution is 2.20. The van der Waals surface area contributed by atoms with Gasteiger partial charge in [0.15, 0.2) is 0 Å². The van der Waals surface area contributed by atoms with Crippen LogP contribution in [0.2, 0.25) is 0 Å². The van der Waals surface area contributed by atoms with Gasteiger partial charge in [0, 0.05) is 28.5 Å². The first-order chi connectivity index (χ1) is 8.72. The monoisotopic (exact) mass is 304 g/mol. The van der Waals surface area contributed by atoms with Crippen LogP contribution in [0.1, 0.15) is 18.5 Å². The van der Waals surface area contributed by atoms with Gasteiger partial charge in [0.05, 0.1) is 12.3 Å². The van der Waals surface area contributed by atoms with Crippen molar-refractivity contribution in [3.8, 4) is 6.07 Å². The van der Waals surface area contributed by atoms with Crippen LogP contribution in [0.15, 0.2) is 41.1 Å². The maximum Gasteiger partial charge on any atom is 0.143 e. The average molecular weight is 305 g/mol. The smallest absolute Gasteiger partial charge is 0.143 e. The Morgan fingerprint density at radius 2 is 2.17 bits per heavy atom. The summed E-state index contributed by atoms with van der Waals surface area (Å²) in [6.45, 7) is 2.82. The van der Waals surface area contributed by atoms with E-state index < -0.39 is 0 Å². The molecule has 2 aromatic rings. The fraction of sp³-hybridized carbons (Fsp3) is 0.231. The molecule has 1 N–H and O–H groups in total. The highest BCUT2D eigenvalue weighted by molar-refractivity contribution is 9.10. The van der Waals surface area contributed by atoms with Gasteiger partial charge in [-0.3, -0.25) is 4.68 Å². The maximum atomic E-state index is 9.22. The summed E-state index contributed by atoms with van der Waals surface area (Å²) in [5.74, 6) is 0. The highest BCUT2D eigenvalue weighted by atomic mass is 79.9. The van der Waals surface area contributed by atoms with Gasteiger partial charge < -0.3 is 5.32 Å². The number of anilines is 1. The van der Waals surface area contributed by atoms with Crippen LogP contribution in [0.25, 0.3) is 0 Å². The van der Waals surface area contributed by atoms with Crippen molar-refractivity contribution >= 4 is 21.6 Å². The number of rotatable bonds is 4. The first kappa shape index (κ1) is 12.7. The zero-order chi connectivity index (χ0) is 13.0. The normalized spacial score (nSPS) is 11.8. The van der Waals surface area contributed by atoms with Gasteiger partial charge in [0.25, 0.3) is 0 Å². The molecule has 5 heteroatoms. The second kappa shape index (κ2) is 5.69. The van der Waals surface area contributed by atoms with E-state index in [-0.39, 0.29) is 6.04 Å². The number of nitrogens with zero attached hydrogens (tertiary/aromatic N) is 3. The Hall–Kier alpha value is -1.80. The molecule has 2 rings (SSSR count). The minimum Gasteiger partial charge on any atom is -0.366 e. The Morgan fingerprint density at radius 3 is 2.72 bits per heavy atom. The van der Waals surface area contributed by atoms with Crippen LogP contribution >= 0.6 is 15.9 Å². The largest absolute Gasteiger partial charge is 0.366 e. The fourth-order valence-electron chi connectivity index (χ4n) is 1.60. The molecule has 0 aliphatic carbocycles. The quantitative estimate of drug-likeness (QED) is 0.942. The summed E-state index contributed by atoms with van der Waals surface area (Å²) in [6, 6.07) is 9.59. The Morgan fingerprint density at radius 1 is 1.44 bits per heavy atom. The topological polar surface area (TPSA) is 53.6 Å². The number of nitrogens with one attached hydrogen (secondary N) is 1. The van der Waals surface area contributed by atoms with E-state index in [0.717, 1.165) is 22.3 Å². The Balaban J connectivity index is 2.14. The van der Waals surface area contributed by atoms with E-state index in [1.807, 2.05) is 42.1 Å². The van der Waals surface area contributed by atoms with Gasteiger partial charge in [-0.25, -0.2) is 0 Å². The Kier molecular flexibility index (Phi) is 4.00. The second-order valence-electron chi connectivity index (χ2n) is 3.84. The summed E-state index contributed by atoms with van der Waals surface area (Å²) in [6.07, 6.45) is 3.61. The van der Waals surface area contributed by atoms with Crippen molar-refractivity contribution in [3.05, 3.63) is 46.7 Å². The summed E-state index contributed by atoms with van der Waals surface area (Å²) in [4.78, 5) is 0. The van der Waals surface area contributed by atoms with Crippen molar-refractivity contribution in [2.24, 2.45) is 0 Å². The number of aryl methyl sites for hydroxylation is 1. The third-order valence-electron chi connectivity index (χ3n) is 2.59. The third kappa shape index (κ3) is 2.90. The van der Waals surface area contributed by atoms with Gasteiger partial charge in [-0.05, 0) is 31.2 Å². The summed E-state index contributed by atoms with van der Waals surface area (Å²) in [5.41, 5.74) is 1.79. The zero-order valence-corrected chi connectivity index (χ0v) is 11.6. The Bertz CT molecular complexity index is 553. The number of hydrogen-bond donors (Lipinski definition) is 1. The number of nitriles is 1. The molecule has 18 heavy (non-hydrogen) atoms. The van der Waals surface area contributed by atoms with Gasteiger partial charge in [0.1, 0.15) is 6.04 Å². The van der Waals surface area contributed by atoms with Gasteiger partial charge in [-0.15, -0.1) is 0 Å². The number of benzene rings is 1. The Labute approximate surface area is 114 Å². The molecule has 1 aromatic carbocycles. The maximum absolute atomic E-state index is 9.22. The summed E-state index contributed by atoms with van der Waals surface area (Å²) >= 11 is 3.38. The van der Waals surface area contributed by atoms with E-state index in [4.69, 9.17) is 0 Å². The molecule has 1 aromatic heterocycles. The molecule has 1 atom stereocenters. The highest BCUT2D eigenvalue weighted by Gasteiger charge is 2.12. The van der Waals surface area contributed by atoms with Crippen LogP contribution in [0.5, 0.6) is 0 Å². The van der Waals surface area contributed by atoms with Crippen LogP contribution in [-0.4, -0.2) is 9.78 Å². The van der Waals surface area contributed by atoms with Crippen molar-refractivity contribution in [2.75, 3.05) is 5.32 Å². The third-order valence-corrected chi connectivity index (χ3v) is 3.12. The van der Waals surface area contributed by atoms with Crippen molar-refractivity contribution in [2.45, 2.75) is 19.5 Å². The van der Waals surface area contributed by atoms with Crippen LogP contribution in [0, 0.1) is 11.3 Å². The molecule has 0 saturated heterocycles.